The second-order valence-corrected chi connectivity index (χ2v) is 7.82. The zero-order valence-corrected chi connectivity index (χ0v) is 20.7. The highest BCUT2D eigenvalue weighted by molar-refractivity contribution is 14.0. The van der Waals surface area contributed by atoms with Gasteiger partial charge in [0.15, 0.2) is 5.96 Å². The van der Waals surface area contributed by atoms with Gasteiger partial charge in [0.25, 0.3) is 0 Å². The standard InChI is InChI=1S/C20H38N6O.HI/c1-7-21-20(22-9-8-19-16(4)24-25(6)17(19)5)23-12-18-14-26(10-11-27-18)13-15(2)3;/h15,18H,7-14H2,1-6H3,(H2,21,22,23);1H. The number of nitrogens with zero attached hydrogens (tertiary/aromatic N) is 4. The Kier molecular flexibility index (Phi) is 11.4. The fourth-order valence-electron chi connectivity index (χ4n) is 3.59. The third-order valence-electron chi connectivity index (χ3n) is 4.97. The maximum Gasteiger partial charge on any atom is 0.191 e. The zero-order valence-electron chi connectivity index (χ0n) is 18.4. The summed E-state index contributed by atoms with van der Waals surface area (Å²) < 4.78 is 7.86. The lowest BCUT2D eigenvalue weighted by Crippen LogP contribution is -2.46. The Bertz CT molecular complexity index is 616. The predicted molar refractivity (Wildman–Crippen MR) is 127 cm³/mol. The van der Waals surface area contributed by atoms with Crippen molar-refractivity contribution in [1.82, 2.24) is 25.3 Å². The first-order valence-electron chi connectivity index (χ1n) is 10.3. The monoisotopic (exact) mass is 506 g/mol. The van der Waals surface area contributed by atoms with Gasteiger partial charge in [-0.2, -0.15) is 5.10 Å². The summed E-state index contributed by atoms with van der Waals surface area (Å²) in [6.07, 6.45) is 1.12. The van der Waals surface area contributed by atoms with Crippen LogP contribution in [0.2, 0.25) is 0 Å². The average molecular weight is 506 g/mol. The smallest absolute Gasteiger partial charge is 0.191 e. The summed E-state index contributed by atoms with van der Waals surface area (Å²) in [5.74, 6) is 1.55. The SMILES string of the molecule is CCNC(=NCC1CN(CC(C)C)CCO1)NCCc1c(C)nn(C)c1C.I. The first-order chi connectivity index (χ1) is 12.9. The predicted octanol–water partition coefficient (Wildman–Crippen LogP) is 2.11. The van der Waals surface area contributed by atoms with Gasteiger partial charge in [-0.1, -0.05) is 13.8 Å². The van der Waals surface area contributed by atoms with Crippen molar-refractivity contribution in [2.45, 2.75) is 47.1 Å². The minimum Gasteiger partial charge on any atom is -0.374 e. The third-order valence-corrected chi connectivity index (χ3v) is 4.97. The molecule has 0 saturated carbocycles. The topological polar surface area (TPSA) is 66.7 Å². The number of halogens is 1. The van der Waals surface area contributed by atoms with Gasteiger partial charge in [-0.05, 0) is 38.7 Å². The van der Waals surface area contributed by atoms with Crippen LogP contribution in [0.25, 0.3) is 0 Å². The van der Waals surface area contributed by atoms with Gasteiger partial charge in [0.2, 0.25) is 0 Å². The molecule has 0 spiro atoms. The fraction of sp³-hybridized carbons (Fsp3) is 0.800. The maximum atomic E-state index is 5.91. The molecule has 1 saturated heterocycles. The Morgan fingerprint density at radius 1 is 1.32 bits per heavy atom. The van der Waals surface area contributed by atoms with Crippen LogP contribution in [0, 0.1) is 19.8 Å². The van der Waals surface area contributed by atoms with Crippen LogP contribution in [0.3, 0.4) is 0 Å². The molecule has 0 radical (unpaired) electrons. The van der Waals surface area contributed by atoms with E-state index in [4.69, 9.17) is 9.73 Å². The van der Waals surface area contributed by atoms with E-state index >= 15 is 0 Å². The summed E-state index contributed by atoms with van der Waals surface area (Å²) in [6, 6.07) is 0. The lowest BCUT2D eigenvalue weighted by atomic mass is 10.1. The van der Waals surface area contributed by atoms with Crippen molar-refractivity contribution in [3.8, 4) is 0 Å². The second kappa shape index (κ2) is 12.6. The Hall–Kier alpha value is -0.870. The number of rotatable bonds is 8. The summed E-state index contributed by atoms with van der Waals surface area (Å²) in [5.41, 5.74) is 3.66. The van der Waals surface area contributed by atoms with Crippen LogP contribution in [0.15, 0.2) is 4.99 Å². The molecule has 1 unspecified atom stereocenters. The number of ether oxygens (including phenoxy) is 1. The van der Waals surface area contributed by atoms with Crippen LogP contribution in [0.1, 0.15) is 37.7 Å². The summed E-state index contributed by atoms with van der Waals surface area (Å²) in [6.45, 7) is 17.1. The molecule has 2 heterocycles. The van der Waals surface area contributed by atoms with Crippen molar-refractivity contribution in [2.24, 2.45) is 18.0 Å². The largest absolute Gasteiger partial charge is 0.374 e. The van der Waals surface area contributed by atoms with E-state index in [1.807, 2.05) is 11.7 Å². The maximum absolute atomic E-state index is 5.91. The normalized spacial score (nSPS) is 18.2. The molecular weight excluding hydrogens is 467 g/mol. The molecule has 162 valence electrons. The van der Waals surface area contributed by atoms with Gasteiger partial charge in [-0.15, -0.1) is 24.0 Å². The van der Waals surface area contributed by atoms with Crippen LogP contribution in [-0.2, 0) is 18.2 Å². The van der Waals surface area contributed by atoms with Crippen LogP contribution >= 0.6 is 24.0 Å². The average Bonchev–Trinajstić information content (AvgIpc) is 2.85. The Morgan fingerprint density at radius 2 is 2.07 bits per heavy atom. The minimum atomic E-state index is 0. The van der Waals surface area contributed by atoms with Gasteiger partial charge in [0, 0.05) is 45.5 Å². The molecule has 1 aromatic rings. The number of aromatic nitrogens is 2. The molecule has 8 heteroatoms. The lowest BCUT2D eigenvalue weighted by molar-refractivity contribution is -0.0261. The molecule has 1 aliphatic rings. The summed E-state index contributed by atoms with van der Waals surface area (Å²) in [7, 11) is 2.00. The highest BCUT2D eigenvalue weighted by Crippen LogP contribution is 2.12. The number of guanidine groups is 1. The molecular formula is C20H39IN6O. The molecule has 2 rings (SSSR count). The third kappa shape index (κ3) is 7.87. The van der Waals surface area contributed by atoms with Crippen LogP contribution < -0.4 is 10.6 Å². The molecule has 1 aliphatic heterocycles. The van der Waals surface area contributed by atoms with E-state index in [2.05, 4.69) is 55.3 Å². The van der Waals surface area contributed by atoms with Gasteiger partial charge < -0.3 is 15.4 Å². The Labute approximate surface area is 187 Å². The van der Waals surface area contributed by atoms with Gasteiger partial charge in [-0.25, -0.2) is 0 Å². The van der Waals surface area contributed by atoms with E-state index in [0.717, 1.165) is 57.4 Å². The van der Waals surface area contributed by atoms with Crippen molar-refractivity contribution in [2.75, 3.05) is 45.9 Å². The summed E-state index contributed by atoms with van der Waals surface area (Å²) in [5, 5.41) is 11.3. The number of hydrogen-bond donors (Lipinski definition) is 2. The molecule has 0 aliphatic carbocycles. The van der Waals surface area contributed by atoms with Crippen molar-refractivity contribution >= 4 is 29.9 Å². The molecule has 0 amide bonds. The van der Waals surface area contributed by atoms with Gasteiger partial charge in [0.1, 0.15) is 0 Å². The highest BCUT2D eigenvalue weighted by Gasteiger charge is 2.20. The first-order valence-corrected chi connectivity index (χ1v) is 10.3. The molecule has 1 atom stereocenters. The van der Waals surface area contributed by atoms with E-state index in [9.17, 15) is 0 Å². The van der Waals surface area contributed by atoms with Crippen molar-refractivity contribution in [3.63, 3.8) is 0 Å². The molecule has 0 bridgehead atoms. The van der Waals surface area contributed by atoms with Crippen molar-refractivity contribution in [3.05, 3.63) is 17.0 Å². The van der Waals surface area contributed by atoms with Crippen LogP contribution in [0.4, 0.5) is 0 Å². The number of nitrogens with one attached hydrogen (secondary N) is 2. The van der Waals surface area contributed by atoms with Crippen molar-refractivity contribution < 1.29 is 4.74 Å². The van der Waals surface area contributed by atoms with E-state index in [1.54, 1.807) is 0 Å². The van der Waals surface area contributed by atoms with E-state index in [1.165, 1.54) is 11.3 Å². The minimum absolute atomic E-state index is 0. The quantitative estimate of drug-likeness (QED) is 0.321. The number of hydrogen-bond acceptors (Lipinski definition) is 4. The summed E-state index contributed by atoms with van der Waals surface area (Å²) >= 11 is 0. The lowest BCUT2D eigenvalue weighted by Gasteiger charge is -2.33. The second-order valence-electron chi connectivity index (χ2n) is 7.82. The molecule has 1 aromatic heterocycles. The number of aliphatic imine (C=N–C) groups is 1. The fourth-order valence-corrected chi connectivity index (χ4v) is 3.59. The van der Waals surface area contributed by atoms with E-state index < -0.39 is 0 Å². The van der Waals surface area contributed by atoms with Gasteiger partial charge >= 0.3 is 0 Å². The number of aryl methyl sites for hydroxylation is 2. The Morgan fingerprint density at radius 3 is 2.68 bits per heavy atom. The van der Waals surface area contributed by atoms with Crippen LogP contribution in [-0.4, -0.2) is 72.6 Å². The highest BCUT2D eigenvalue weighted by atomic mass is 127. The molecule has 2 N–H and O–H groups in total. The van der Waals surface area contributed by atoms with Gasteiger partial charge in [0.05, 0.1) is 24.9 Å². The molecule has 1 fully saturated rings. The van der Waals surface area contributed by atoms with E-state index in [0.29, 0.717) is 12.5 Å². The zero-order chi connectivity index (χ0) is 19.8. The molecule has 0 aromatic carbocycles. The van der Waals surface area contributed by atoms with E-state index in [-0.39, 0.29) is 30.1 Å². The van der Waals surface area contributed by atoms with Crippen molar-refractivity contribution in [1.29, 1.82) is 0 Å². The first kappa shape index (κ1) is 25.2. The molecule has 28 heavy (non-hydrogen) atoms. The van der Waals surface area contributed by atoms with Gasteiger partial charge in [-0.3, -0.25) is 14.6 Å². The summed E-state index contributed by atoms with van der Waals surface area (Å²) in [4.78, 5) is 7.24. The Balaban J connectivity index is 0.00000392. The number of morpholine rings is 1. The molecule has 7 nitrogen and oxygen atoms in total. The van der Waals surface area contributed by atoms with Crippen LogP contribution in [0.5, 0.6) is 0 Å².